The van der Waals surface area contributed by atoms with Gasteiger partial charge in [-0.25, -0.2) is 0 Å². The van der Waals surface area contributed by atoms with Gasteiger partial charge in [-0.15, -0.1) is 0 Å². The highest BCUT2D eigenvalue weighted by molar-refractivity contribution is 5.72. The molecule has 0 radical (unpaired) electrons. The van der Waals surface area contributed by atoms with Gasteiger partial charge in [0.25, 0.3) is 0 Å². The minimum Gasteiger partial charge on any atom is -0.166 e. The van der Waals surface area contributed by atoms with E-state index in [9.17, 15) is 13.2 Å². The first-order valence-corrected chi connectivity index (χ1v) is 5.35. The van der Waals surface area contributed by atoms with Crippen LogP contribution in [0.3, 0.4) is 0 Å². The summed E-state index contributed by atoms with van der Waals surface area (Å²) in [4.78, 5) is 0. The van der Waals surface area contributed by atoms with E-state index < -0.39 is 11.7 Å². The molecule has 0 heterocycles. The number of allylic oxidation sites excluding steroid dienone is 3. The number of hydrogen-bond acceptors (Lipinski definition) is 0. The minimum atomic E-state index is -4.31. The van der Waals surface area contributed by atoms with Crippen LogP contribution >= 0.6 is 0 Å². The first-order valence-electron chi connectivity index (χ1n) is 5.35. The van der Waals surface area contributed by atoms with Crippen LogP contribution in [-0.2, 0) is 6.18 Å². The van der Waals surface area contributed by atoms with E-state index >= 15 is 0 Å². The maximum Gasteiger partial charge on any atom is 0.416 e. The van der Waals surface area contributed by atoms with Crippen LogP contribution < -0.4 is 0 Å². The quantitative estimate of drug-likeness (QED) is 0.657. The fourth-order valence-corrected chi connectivity index (χ4v) is 1.30. The molecule has 1 rings (SSSR count). The lowest BCUT2D eigenvalue weighted by atomic mass is 10.0. The summed E-state index contributed by atoms with van der Waals surface area (Å²) in [6, 6.07) is 5.20. The zero-order chi connectivity index (χ0) is 13.1. The summed E-state index contributed by atoms with van der Waals surface area (Å²) in [5.74, 6) is 0.345. The molecule has 0 fully saturated rings. The van der Waals surface area contributed by atoms with E-state index in [0.29, 0.717) is 17.1 Å². The molecule has 0 amide bonds. The topological polar surface area (TPSA) is 0 Å². The van der Waals surface area contributed by atoms with Gasteiger partial charge in [-0.05, 0) is 29.2 Å². The van der Waals surface area contributed by atoms with Crippen LogP contribution in [0.5, 0.6) is 0 Å². The Morgan fingerprint density at radius 3 is 2.47 bits per heavy atom. The highest BCUT2D eigenvalue weighted by Gasteiger charge is 2.30. The van der Waals surface area contributed by atoms with Crippen molar-refractivity contribution in [2.75, 3.05) is 0 Å². The van der Waals surface area contributed by atoms with Crippen molar-refractivity contribution in [3.05, 3.63) is 54.1 Å². The summed E-state index contributed by atoms with van der Waals surface area (Å²) in [7, 11) is 0. The van der Waals surface area contributed by atoms with E-state index in [1.165, 1.54) is 6.07 Å². The van der Waals surface area contributed by atoms with Gasteiger partial charge in [0.15, 0.2) is 0 Å². The number of halogens is 3. The largest absolute Gasteiger partial charge is 0.416 e. The molecule has 0 bridgehead atoms. The van der Waals surface area contributed by atoms with Gasteiger partial charge in [-0.2, -0.15) is 13.2 Å². The molecule has 0 atom stereocenters. The van der Waals surface area contributed by atoms with Gasteiger partial charge in [0.1, 0.15) is 0 Å². The van der Waals surface area contributed by atoms with Crippen LogP contribution in [0.15, 0.2) is 43.0 Å². The average Bonchev–Trinajstić information content (AvgIpc) is 2.25. The van der Waals surface area contributed by atoms with Crippen LogP contribution in [0.1, 0.15) is 25.0 Å². The van der Waals surface area contributed by atoms with Crippen molar-refractivity contribution in [3.8, 4) is 0 Å². The molecule has 0 aliphatic carbocycles. The van der Waals surface area contributed by atoms with Gasteiger partial charge in [0.05, 0.1) is 5.56 Å². The molecule has 0 N–H and O–H groups in total. The van der Waals surface area contributed by atoms with Crippen molar-refractivity contribution in [1.82, 2.24) is 0 Å². The molecule has 0 aliphatic heterocycles. The van der Waals surface area contributed by atoms with Gasteiger partial charge in [0, 0.05) is 0 Å². The highest BCUT2D eigenvalue weighted by Crippen LogP contribution is 2.30. The minimum absolute atomic E-state index is 0.345. The SMILES string of the molecule is C=C(C=CC(C)C)c1cccc(C(F)(F)F)c1. The van der Waals surface area contributed by atoms with Crippen molar-refractivity contribution in [2.24, 2.45) is 5.92 Å². The Morgan fingerprint density at radius 2 is 1.94 bits per heavy atom. The van der Waals surface area contributed by atoms with Crippen LogP contribution in [-0.4, -0.2) is 0 Å². The first kappa shape index (κ1) is 13.6. The second kappa shape index (κ2) is 5.21. The summed E-state index contributed by atoms with van der Waals surface area (Å²) >= 11 is 0. The van der Waals surface area contributed by atoms with E-state index in [1.807, 2.05) is 19.9 Å². The standard InChI is InChI=1S/C14H15F3/c1-10(2)7-8-11(3)12-5-4-6-13(9-12)14(15,16)17/h4-10H,3H2,1-2H3. The molecular weight excluding hydrogens is 225 g/mol. The predicted molar refractivity (Wildman–Crippen MR) is 64.5 cm³/mol. The van der Waals surface area contributed by atoms with Crippen LogP contribution in [0.25, 0.3) is 5.57 Å². The summed E-state index contributed by atoms with van der Waals surface area (Å²) in [6.07, 6.45) is -0.652. The third-order valence-electron chi connectivity index (χ3n) is 2.24. The van der Waals surface area contributed by atoms with Crippen LogP contribution in [0.4, 0.5) is 13.2 Å². The Hall–Kier alpha value is -1.51. The lowest BCUT2D eigenvalue weighted by molar-refractivity contribution is -0.137. The molecule has 0 saturated heterocycles. The average molecular weight is 240 g/mol. The van der Waals surface area contributed by atoms with E-state index in [4.69, 9.17) is 0 Å². The number of hydrogen-bond donors (Lipinski definition) is 0. The fourth-order valence-electron chi connectivity index (χ4n) is 1.30. The summed E-state index contributed by atoms with van der Waals surface area (Å²) in [5, 5.41) is 0. The van der Waals surface area contributed by atoms with Gasteiger partial charge in [0.2, 0.25) is 0 Å². The third kappa shape index (κ3) is 4.10. The molecule has 0 spiro atoms. The normalized spacial score (nSPS) is 12.4. The molecule has 0 saturated carbocycles. The van der Waals surface area contributed by atoms with Crippen molar-refractivity contribution in [3.63, 3.8) is 0 Å². The molecule has 0 aromatic heterocycles. The van der Waals surface area contributed by atoms with Crippen molar-refractivity contribution in [1.29, 1.82) is 0 Å². The van der Waals surface area contributed by atoms with Gasteiger partial charge in [-0.1, -0.05) is 44.7 Å². The Morgan fingerprint density at radius 1 is 1.29 bits per heavy atom. The molecule has 0 unspecified atom stereocenters. The van der Waals surface area contributed by atoms with Crippen LogP contribution in [0.2, 0.25) is 0 Å². The summed E-state index contributed by atoms with van der Waals surface area (Å²) < 4.78 is 37.5. The van der Waals surface area contributed by atoms with E-state index in [1.54, 1.807) is 12.1 Å². The monoisotopic (exact) mass is 240 g/mol. The van der Waals surface area contributed by atoms with E-state index in [-0.39, 0.29) is 0 Å². The summed E-state index contributed by atoms with van der Waals surface area (Å²) in [5.41, 5.74) is 0.440. The number of alkyl halides is 3. The summed E-state index contributed by atoms with van der Waals surface area (Å²) in [6.45, 7) is 7.76. The third-order valence-corrected chi connectivity index (χ3v) is 2.24. The Labute approximate surface area is 99.5 Å². The second-order valence-electron chi connectivity index (χ2n) is 4.21. The van der Waals surface area contributed by atoms with Gasteiger partial charge >= 0.3 is 6.18 Å². The highest BCUT2D eigenvalue weighted by atomic mass is 19.4. The Bertz CT molecular complexity index is 425. The smallest absolute Gasteiger partial charge is 0.166 e. The zero-order valence-electron chi connectivity index (χ0n) is 9.88. The molecule has 3 heteroatoms. The molecule has 1 aromatic carbocycles. The predicted octanol–water partition coefficient (Wildman–Crippen LogP) is 4.93. The number of rotatable bonds is 3. The van der Waals surface area contributed by atoms with Crippen molar-refractivity contribution >= 4 is 5.57 Å². The molecule has 0 nitrogen and oxygen atoms in total. The first-order chi connectivity index (χ1) is 7.80. The second-order valence-corrected chi connectivity index (χ2v) is 4.21. The van der Waals surface area contributed by atoms with Crippen LogP contribution in [0, 0.1) is 5.92 Å². The van der Waals surface area contributed by atoms with E-state index in [2.05, 4.69) is 6.58 Å². The molecule has 0 aliphatic rings. The maximum atomic E-state index is 12.5. The van der Waals surface area contributed by atoms with Gasteiger partial charge in [-0.3, -0.25) is 0 Å². The Balaban J connectivity index is 2.96. The molecule has 1 aromatic rings. The lowest BCUT2D eigenvalue weighted by Crippen LogP contribution is -2.04. The fraction of sp³-hybridized carbons (Fsp3) is 0.286. The molecule has 92 valence electrons. The maximum absolute atomic E-state index is 12.5. The number of benzene rings is 1. The van der Waals surface area contributed by atoms with Gasteiger partial charge < -0.3 is 0 Å². The van der Waals surface area contributed by atoms with E-state index in [0.717, 1.165) is 12.1 Å². The zero-order valence-corrected chi connectivity index (χ0v) is 9.88. The lowest BCUT2D eigenvalue weighted by Gasteiger charge is -2.08. The van der Waals surface area contributed by atoms with Crippen molar-refractivity contribution in [2.45, 2.75) is 20.0 Å². The molecule has 17 heavy (non-hydrogen) atoms. The van der Waals surface area contributed by atoms with Crippen molar-refractivity contribution < 1.29 is 13.2 Å². The molecular formula is C14H15F3. The Kier molecular flexibility index (Phi) is 4.16.